The van der Waals surface area contributed by atoms with Crippen molar-refractivity contribution in [2.45, 2.75) is 17.9 Å². The molecule has 0 aliphatic carbocycles. The topological polar surface area (TPSA) is 73.2 Å². The van der Waals surface area contributed by atoms with E-state index in [1.807, 2.05) is 13.0 Å². The molecule has 19 heavy (non-hydrogen) atoms. The summed E-state index contributed by atoms with van der Waals surface area (Å²) in [5.74, 6) is 0. The molecule has 0 aromatic heterocycles. The van der Waals surface area contributed by atoms with E-state index in [2.05, 4.69) is 21.2 Å². The van der Waals surface area contributed by atoms with Crippen molar-refractivity contribution in [3.8, 4) is 6.07 Å². The van der Waals surface area contributed by atoms with E-state index in [0.717, 1.165) is 0 Å². The summed E-state index contributed by atoms with van der Waals surface area (Å²) in [4.78, 5) is 0.159. The minimum absolute atomic E-state index is 0.0942. The Hall–Kier alpha value is -0.940. The number of rotatable bonds is 2. The predicted octanol–water partition coefficient (Wildman–Crippen LogP) is 1.30. The Kier molecular flexibility index (Phi) is 4.26. The maximum absolute atomic E-state index is 12.6. The second kappa shape index (κ2) is 5.59. The molecular formula is C12H14BrN3O2S. The van der Waals surface area contributed by atoms with E-state index in [0.29, 0.717) is 29.7 Å². The molecule has 1 saturated heterocycles. The van der Waals surface area contributed by atoms with Crippen LogP contribution in [0, 0.1) is 11.3 Å². The van der Waals surface area contributed by atoms with Crippen LogP contribution in [0.3, 0.4) is 0 Å². The van der Waals surface area contributed by atoms with E-state index in [1.54, 1.807) is 6.07 Å². The SMILES string of the molecule is C[C@@H]1CNCCN1S(=O)(=O)c1cc(Br)cc(C#N)c1. The highest BCUT2D eigenvalue weighted by Crippen LogP contribution is 2.24. The van der Waals surface area contributed by atoms with Gasteiger partial charge in [-0.15, -0.1) is 0 Å². The molecule has 1 aromatic rings. The van der Waals surface area contributed by atoms with Gasteiger partial charge in [0.25, 0.3) is 0 Å². The van der Waals surface area contributed by atoms with E-state index >= 15 is 0 Å². The Bertz CT molecular complexity index is 624. The molecule has 0 amide bonds. The van der Waals surface area contributed by atoms with Crippen LogP contribution in [0.2, 0.25) is 0 Å². The third-order valence-electron chi connectivity index (χ3n) is 3.05. The predicted molar refractivity (Wildman–Crippen MR) is 75.1 cm³/mol. The van der Waals surface area contributed by atoms with E-state index in [9.17, 15) is 8.42 Å². The maximum Gasteiger partial charge on any atom is 0.243 e. The van der Waals surface area contributed by atoms with Crippen molar-refractivity contribution in [2.75, 3.05) is 19.6 Å². The van der Waals surface area contributed by atoms with Crippen LogP contribution in [0.15, 0.2) is 27.6 Å². The number of hydrogen-bond acceptors (Lipinski definition) is 4. The first-order valence-electron chi connectivity index (χ1n) is 5.88. The van der Waals surface area contributed by atoms with Crippen LogP contribution >= 0.6 is 15.9 Å². The van der Waals surface area contributed by atoms with Gasteiger partial charge in [0.2, 0.25) is 10.0 Å². The average molecular weight is 344 g/mol. The number of hydrogen-bond donors (Lipinski definition) is 1. The first-order chi connectivity index (χ1) is 8.95. The summed E-state index contributed by atoms with van der Waals surface area (Å²) in [6.45, 7) is 3.59. The Morgan fingerprint density at radius 1 is 1.47 bits per heavy atom. The lowest BCUT2D eigenvalue weighted by molar-refractivity contribution is 0.284. The largest absolute Gasteiger partial charge is 0.314 e. The molecule has 5 nitrogen and oxygen atoms in total. The minimum Gasteiger partial charge on any atom is -0.314 e. The molecule has 1 N–H and O–H groups in total. The second-order valence-corrected chi connectivity index (χ2v) is 7.26. The fourth-order valence-electron chi connectivity index (χ4n) is 2.09. The summed E-state index contributed by atoms with van der Waals surface area (Å²) in [5, 5.41) is 12.1. The average Bonchev–Trinajstić information content (AvgIpc) is 2.38. The van der Waals surface area contributed by atoms with Crippen molar-refractivity contribution in [3.63, 3.8) is 0 Å². The zero-order valence-electron chi connectivity index (χ0n) is 10.4. The molecule has 0 radical (unpaired) electrons. The fraction of sp³-hybridized carbons (Fsp3) is 0.417. The second-order valence-electron chi connectivity index (χ2n) is 4.46. The lowest BCUT2D eigenvalue weighted by atomic mass is 10.2. The van der Waals surface area contributed by atoms with Gasteiger partial charge in [-0.25, -0.2) is 8.42 Å². The van der Waals surface area contributed by atoms with Gasteiger partial charge in [0, 0.05) is 30.1 Å². The summed E-state index contributed by atoms with van der Waals surface area (Å²) in [7, 11) is -3.55. The van der Waals surface area contributed by atoms with Crippen molar-refractivity contribution in [1.29, 1.82) is 5.26 Å². The summed E-state index contributed by atoms with van der Waals surface area (Å²) < 4.78 is 27.2. The monoisotopic (exact) mass is 343 g/mol. The van der Waals surface area contributed by atoms with Gasteiger partial charge in [-0.3, -0.25) is 0 Å². The number of halogens is 1. The zero-order chi connectivity index (χ0) is 14.0. The van der Waals surface area contributed by atoms with Crippen molar-refractivity contribution < 1.29 is 8.42 Å². The third kappa shape index (κ3) is 2.98. The quantitative estimate of drug-likeness (QED) is 0.878. The molecule has 2 rings (SSSR count). The van der Waals surface area contributed by atoms with Crippen LogP contribution < -0.4 is 5.32 Å². The van der Waals surface area contributed by atoms with Crippen molar-refractivity contribution >= 4 is 26.0 Å². The standard InChI is InChI=1S/C12H14BrN3O2S/c1-9-8-15-2-3-16(9)19(17,18)12-5-10(7-14)4-11(13)6-12/h4-6,9,15H,2-3,8H2,1H3/t9-/m1/s1. The first kappa shape index (κ1) is 14.5. The molecule has 0 unspecified atom stereocenters. The van der Waals surface area contributed by atoms with Gasteiger partial charge in [0.05, 0.1) is 16.5 Å². The molecule has 1 aliphatic rings. The van der Waals surface area contributed by atoms with E-state index < -0.39 is 10.0 Å². The molecule has 102 valence electrons. The summed E-state index contributed by atoms with van der Waals surface area (Å²) in [6, 6.07) is 6.42. The van der Waals surface area contributed by atoms with Gasteiger partial charge in [0.15, 0.2) is 0 Å². The molecule has 0 spiro atoms. The molecule has 7 heteroatoms. The Morgan fingerprint density at radius 2 is 2.21 bits per heavy atom. The molecule has 0 bridgehead atoms. The van der Waals surface area contributed by atoms with Gasteiger partial charge >= 0.3 is 0 Å². The number of nitrogens with one attached hydrogen (secondary N) is 1. The Morgan fingerprint density at radius 3 is 2.84 bits per heavy atom. The van der Waals surface area contributed by atoms with Gasteiger partial charge in [-0.1, -0.05) is 15.9 Å². The number of benzene rings is 1. The van der Waals surface area contributed by atoms with Gasteiger partial charge in [-0.05, 0) is 25.1 Å². The number of nitriles is 1. The van der Waals surface area contributed by atoms with Crippen LogP contribution in [-0.4, -0.2) is 38.4 Å². The molecular weight excluding hydrogens is 330 g/mol. The van der Waals surface area contributed by atoms with Gasteiger partial charge < -0.3 is 5.32 Å². The molecule has 1 fully saturated rings. The first-order valence-corrected chi connectivity index (χ1v) is 8.11. The van der Waals surface area contributed by atoms with Crippen LogP contribution in [0.5, 0.6) is 0 Å². The maximum atomic E-state index is 12.6. The van der Waals surface area contributed by atoms with E-state index in [1.165, 1.54) is 16.4 Å². The lowest BCUT2D eigenvalue weighted by Gasteiger charge is -2.32. The molecule has 1 atom stereocenters. The highest BCUT2D eigenvalue weighted by atomic mass is 79.9. The Labute approximate surface area is 121 Å². The highest BCUT2D eigenvalue weighted by Gasteiger charge is 2.31. The summed E-state index contributed by atoms with van der Waals surface area (Å²) in [5.41, 5.74) is 0.329. The minimum atomic E-state index is -3.55. The van der Waals surface area contributed by atoms with Crippen LogP contribution in [-0.2, 0) is 10.0 Å². The fourth-order valence-corrected chi connectivity index (χ4v) is 4.44. The zero-order valence-corrected chi connectivity index (χ0v) is 12.8. The van der Waals surface area contributed by atoms with Crippen LogP contribution in [0.1, 0.15) is 12.5 Å². The molecule has 1 heterocycles. The van der Waals surface area contributed by atoms with Crippen molar-refractivity contribution in [1.82, 2.24) is 9.62 Å². The van der Waals surface area contributed by atoms with Crippen molar-refractivity contribution in [3.05, 3.63) is 28.2 Å². The van der Waals surface area contributed by atoms with Crippen LogP contribution in [0.4, 0.5) is 0 Å². The smallest absolute Gasteiger partial charge is 0.243 e. The lowest BCUT2D eigenvalue weighted by Crippen LogP contribution is -2.52. The number of nitrogens with zero attached hydrogens (tertiary/aromatic N) is 2. The van der Waals surface area contributed by atoms with Crippen molar-refractivity contribution in [2.24, 2.45) is 0 Å². The van der Waals surface area contributed by atoms with E-state index in [4.69, 9.17) is 5.26 Å². The molecule has 0 saturated carbocycles. The summed E-state index contributed by atoms with van der Waals surface area (Å²) >= 11 is 3.24. The van der Waals surface area contributed by atoms with Gasteiger partial charge in [-0.2, -0.15) is 9.57 Å². The third-order valence-corrected chi connectivity index (χ3v) is 5.50. The van der Waals surface area contributed by atoms with Gasteiger partial charge in [0.1, 0.15) is 0 Å². The number of piperazine rings is 1. The normalized spacial score (nSPS) is 21.0. The highest BCUT2D eigenvalue weighted by molar-refractivity contribution is 9.10. The molecule has 1 aromatic carbocycles. The van der Waals surface area contributed by atoms with E-state index in [-0.39, 0.29) is 10.9 Å². The number of sulfonamides is 1. The Balaban J connectivity index is 2.44. The summed E-state index contributed by atoms with van der Waals surface area (Å²) in [6.07, 6.45) is 0. The molecule has 1 aliphatic heterocycles. The van der Waals surface area contributed by atoms with Crippen LogP contribution in [0.25, 0.3) is 0 Å².